The van der Waals surface area contributed by atoms with E-state index in [0.29, 0.717) is 11.5 Å². The van der Waals surface area contributed by atoms with E-state index in [1.165, 1.54) is 0 Å². The molecule has 0 amide bonds. The Labute approximate surface area is 113 Å². The lowest BCUT2D eigenvalue weighted by Gasteiger charge is -2.09. The molecule has 1 aromatic carbocycles. The number of nitrogens with two attached hydrogens (primary N) is 1. The molecule has 92 valence electrons. The summed E-state index contributed by atoms with van der Waals surface area (Å²) in [5.74, 6) is 1.26. The van der Waals surface area contributed by atoms with Crippen LogP contribution in [0.3, 0.4) is 0 Å². The van der Waals surface area contributed by atoms with Gasteiger partial charge in [0.15, 0.2) is 16.6 Å². The van der Waals surface area contributed by atoms with Crippen LogP contribution in [0.4, 0.5) is 0 Å². The van der Waals surface area contributed by atoms with Gasteiger partial charge in [0.1, 0.15) is 0 Å². The van der Waals surface area contributed by atoms with Gasteiger partial charge in [0, 0.05) is 10.0 Å². The summed E-state index contributed by atoms with van der Waals surface area (Å²) >= 11 is 8.03. The minimum Gasteiger partial charge on any atom is -0.493 e. The van der Waals surface area contributed by atoms with Crippen molar-refractivity contribution in [2.75, 3.05) is 14.2 Å². The lowest BCUT2D eigenvalue weighted by Crippen LogP contribution is -2.24. The number of thiocarbonyl (C=S) groups is 1. The van der Waals surface area contributed by atoms with Crippen LogP contribution in [-0.2, 0) is 0 Å². The van der Waals surface area contributed by atoms with Crippen LogP contribution >= 0.6 is 28.1 Å². The van der Waals surface area contributed by atoms with Gasteiger partial charge in [0.2, 0.25) is 0 Å². The van der Waals surface area contributed by atoms with Crippen LogP contribution in [0.25, 0.3) is 0 Å². The number of nitrogens with one attached hydrogen (secondary N) is 1. The molecule has 1 aromatic rings. The summed E-state index contributed by atoms with van der Waals surface area (Å²) in [7, 11) is 3.15. The predicted octanol–water partition coefficient (Wildman–Crippen LogP) is 1.63. The zero-order valence-electron chi connectivity index (χ0n) is 9.36. The van der Waals surface area contributed by atoms with Crippen molar-refractivity contribution in [3.63, 3.8) is 0 Å². The van der Waals surface area contributed by atoms with E-state index in [1.807, 2.05) is 0 Å². The predicted molar refractivity (Wildman–Crippen MR) is 74.8 cm³/mol. The highest BCUT2D eigenvalue weighted by molar-refractivity contribution is 9.10. The van der Waals surface area contributed by atoms with E-state index in [9.17, 15) is 0 Å². The van der Waals surface area contributed by atoms with E-state index in [4.69, 9.17) is 15.2 Å². The number of benzene rings is 1. The van der Waals surface area contributed by atoms with Crippen LogP contribution in [0, 0.1) is 0 Å². The molecule has 0 atom stereocenters. The third kappa shape index (κ3) is 3.86. The van der Waals surface area contributed by atoms with Crippen molar-refractivity contribution >= 4 is 39.5 Å². The third-order valence-corrected chi connectivity index (χ3v) is 2.66. The largest absolute Gasteiger partial charge is 0.493 e. The average molecular weight is 318 g/mol. The monoisotopic (exact) mass is 317 g/mol. The normalized spacial score (nSPS) is 10.3. The summed E-state index contributed by atoms with van der Waals surface area (Å²) in [4.78, 5) is 0. The summed E-state index contributed by atoms with van der Waals surface area (Å²) in [6.45, 7) is 0. The Morgan fingerprint density at radius 1 is 1.41 bits per heavy atom. The first-order chi connectivity index (χ1) is 8.08. The molecule has 17 heavy (non-hydrogen) atoms. The maximum atomic E-state index is 5.25. The average Bonchev–Trinajstić information content (AvgIpc) is 2.30. The van der Waals surface area contributed by atoms with E-state index < -0.39 is 0 Å². The van der Waals surface area contributed by atoms with E-state index in [1.54, 1.807) is 32.6 Å². The molecule has 0 aromatic heterocycles. The number of rotatable bonds is 4. The van der Waals surface area contributed by atoms with Crippen molar-refractivity contribution in [2.24, 2.45) is 10.8 Å². The summed E-state index contributed by atoms with van der Waals surface area (Å²) < 4.78 is 11.2. The van der Waals surface area contributed by atoms with Crippen molar-refractivity contribution in [1.82, 2.24) is 5.43 Å². The van der Waals surface area contributed by atoms with Crippen molar-refractivity contribution in [3.8, 4) is 11.5 Å². The zero-order chi connectivity index (χ0) is 12.8. The molecule has 0 fully saturated rings. The maximum absolute atomic E-state index is 5.25. The summed E-state index contributed by atoms with van der Waals surface area (Å²) in [6, 6.07) is 3.58. The number of hydrazone groups is 1. The first-order valence-corrected chi connectivity index (χ1v) is 5.78. The molecule has 7 heteroatoms. The quantitative estimate of drug-likeness (QED) is 0.502. The fourth-order valence-electron chi connectivity index (χ4n) is 1.13. The summed E-state index contributed by atoms with van der Waals surface area (Å²) in [6.07, 6.45) is 1.57. The molecule has 0 aliphatic carbocycles. The summed E-state index contributed by atoms with van der Waals surface area (Å²) in [5.41, 5.74) is 8.53. The molecule has 0 heterocycles. The van der Waals surface area contributed by atoms with Gasteiger partial charge >= 0.3 is 0 Å². The highest BCUT2D eigenvalue weighted by Gasteiger charge is 2.07. The first-order valence-electron chi connectivity index (χ1n) is 4.58. The van der Waals surface area contributed by atoms with Gasteiger partial charge in [0.25, 0.3) is 0 Å². The van der Waals surface area contributed by atoms with Crippen molar-refractivity contribution in [1.29, 1.82) is 0 Å². The fraction of sp³-hybridized carbons (Fsp3) is 0.200. The number of hydrogen-bond donors (Lipinski definition) is 2. The molecular formula is C10H12BrN3O2S. The van der Waals surface area contributed by atoms with Gasteiger partial charge in [-0.2, -0.15) is 5.10 Å². The van der Waals surface area contributed by atoms with Gasteiger partial charge in [-0.05, 0) is 40.3 Å². The number of ether oxygens (including phenoxy) is 2. The molecule has 0 radical (unpaired) electrons. The molecule has 0 bridgehead atoms. The first kappa shape index (κ1) is 13.7. The van der Waals surface area contributed by atoms with E-state index in [2.05, 4.69) is 38.7 Å². The SMILES string of the molecule is COc1cc(Br)c(C=NNC(N)=S)cc1OC. The molecule has 5 nitrogen and oxygen atoms in total. The van der Waals surface area contributed by atoms with Crippen LogP contribution in [0.5, 0.6) is 11.5 Å². The standard InChI is InChI=1S/C10H12BrN3O2S/c1-15-8-3-6(5-13-14-10(12)17)7(11)4-9(8)16-2/h3-5H,1-2H3,(H3,12,14,17). The van der Waals surface area contributed by atoms with Gasteiger partial charge in [-0.15, -0.1) is 0 Å². The van der Waals surface area contributed by atoms with Crippen LogP contribution in [-0.4, -0.2) is 25.5 Å². The van der Waals surface area contributed by atoms with E-state index in [-0.39, 0.29) is 5.11 Å². The molecule has 0 spiro atoms. The van der Waals surface area contributed by atoms with Gasteiger partial charge in [-0.3, -0.25) is 5.43 Å². The highest BCUT2D eigenvalue weighted by atomic mass is 79.9. The van der Waals surface area contributed by atoms with Crippen LogP contribution in [0.2, 0.25) is 0 Å². The minimum atomic E-state index is 0.109. The number of halogens is 1. The molecule has 0 aliphatic heterocycles. The number of methoxy groups -OCH3 is 2. The molecule has 3 N–H and O–H groups in total. The molecule has 0 aliphatic rings. The maximum Gasteiger partial charge on any atom is 0.184 e. The molecule has 0 saturated heterocycles. The Morgan fingerprint density at radius 3 is 2.53 bits per heavy atom. The Kier molecular flexibility index (Phi) is 5.17. The topological polar surface area (TPSA) is 68.9 Å². The zero-order valence-corrected chi connectivity index (χ0v) is 11.8. The smallest absolute Gasteiger partial charge is 0.184 e. The number of hydrogen-bond acceptors (Lipinski definition) is 4. The van der Waals surface area contributed by atoms with Gasteiger partial charge in [-0.1, -0.05) is 0 Å². The van der Waals surface area contributed by atoms with Crippen LogP contribution in [0.15, 0.2) is 21.7 Å². The Bertz CT molecular complexity index is 451. The lowest BCUT2D eigenvalue weighted by molar-refractivity contribution is 0.354. The second-order valence-electron chi connectivity index (χ2n) is 2.96. The van der Waals surface area contributed by atoms with Gasteiger partial charge in [0.05, 0.1) is 20.4 Å². The Hall–Kier alpha value is -1.34. The van der Waals surface area contributed by atoms with E-state index >= 15 is 0 Å². The molecule has 0 unspecified atom stereocenters. The third-order valence-electron chi connectivity index (χ3n) is 1.88. The van der Waals surface area contributed by atoms with Crippen molar-refractivity contribution in [2.45, 2.75) is 0 Å². The second-order valence-corrected chi connectivity index (χ2v) is 4.26. The molecule has 0 saturated carbocycles. The van der Waals surface area contributed by atoms with Crippen molar-refractivity contribution in [3.05, 3.63) is 22.2 Å². The van der Waals surface area contributed by atoms with Crippen LogP contribution < -0.4 is 20.6 Å². The molecular weight excluding hydrogens is 306 g/mol. The van der Waals surface area contributed by atoms with Crippen LogP contribution in [0.1, 0.15) is 5.56 Å². The Morgan fingerprint density at radius 2 is 2.00 bits per heavy atom. The lowest BCUT2D eigenvalue weighted by atomic mass is 10.2. The second kappa shape index (κ2) is 6.41. The van der Waals surface area contributed by atoms with Gasteiger partial charge in [-0.25, -0.2) is 0 Å². The highest BCUT2D eigenvalue weighted by Crippen LogP contribution is 2.32. The fourth-order valence-corrected chi connectivity index (χ4v) is 1.61. The Balaban J connectivity index is 3.00. The molecule has 1 rings (SSSR count). The summed E-state index contributed by atoms with van der Waals surface area (Å²) in [5, 5.41) is 3.97. The minimum absolute atomic E-state index is 0.109. The number of nitrogens with zero attached hydrogens (tertiary/aromatic N) is 1. The van der Waals surface area contributed by atoms with E-state index in [0.717, 1.165) is 10.0 Å². The van der Waals surface area contributed by atoms with Gasteiger partial charge < -0.3 is 15.2 Å². The van der Waals surface area contributed by atoms with Crippen molar-refractivity contribution < 1.29 is 9.47 Å².